The number of aliphatic carboxylic acids is 1. The number of fused-ring (bicyclic) bond motifs is 1. The van der Waals surface area contributed by atoms with Gasteiger partial charge in [-0.2, -0.15) is 0 Å². The minimum absolute atomic E-state index is 0.539. The van der Waals surface area contributed by atoms with Crippen LogP contribution < -0.4 is 5.32 Å². The molecule has 0 saturated carbocycles. The Morgan fingerprint density at radius 3 is 2.89 bits per heavy atom. The molecule has 2 rings (SSSR count). The molecule has 2 aromatic rings. The summed E-state index contributed by atoms with van der Waals surface area (Å²) in [5.41, 5.74) is 1.65. The number of benzene rings is 1. The SMILES string of the molecule is CNCCC(C)(C(=O)O)c1ccc2nc(C)[nH]c2c1. The van der Waals surface area contributed by atoms with Gasteiger partial charge in [0.2, 0.25) is 0 Å². The van der Waals surface area contributed by atoms with Gasteiger partial charge in [-0.05, 0) is 51.6 Å². The molecule has 102 valence electrons. The highest BCUT2D eigenvalue weighted by Gasteiger charge is 2.34. The first-order valence-electron chi connectivity index (χ1n) is 6.32. The fourth-order valence-electron chi connectivity index (χ4n) is 2.23. The number of hydrogen-bond donors (Lipinski definition) is 3. The number of nitrogens with one attached hydrogen (secondary N) is 2. The summed E-state index contributed by atoms with van der Waals surface area (Å²) in [7, 11) is 1.82. The van der Waals surface area contributed by atoms with Gasteiger partial charge >= 0.3 is 5.97 Å². The largest absolute Gasteiger partial charge is 0.481 e. The molecule has 5 nitrogen and oxygen atoms in total. The van der Waals surface area contributed by atoms with Crippen molar-refractivity contribution >= 4 is 17.0 Å². The molecular formula is C14H19N3O2. The van der Waals surface area contributed by atoms with Crippen molar-refractivity contribution in [1.29, 1.82) is 0 Å². The molecule has 1 aromatic heterocycles. The maximum absolute atomic E-state index is 11.6. The Bertz CT molecular complexity index is 606. The number of aryl methyl sites for hydroxylation is 1. The molecule has 0 radical (unpaired) electrons. The highest BCUT2D eigenvalue weighted by atomic mass is 16.4. The molecule has 0 bridgehead atoms. The summed E-state index contributed by atoms with van der Waals surface area (Å²) in [6.45, 7) is 4.30. The zero-order chi connectivity index (χ0) is 14.0. The number of carboxylic acids is 1. The van der Waals surface area contributed by atoms with E-state index in [1.807, 2.05) is 32.2 Å². The predicted octanol–water partition coefficient (Wildman–Crippen LogP) is 1.82. The van der Waals surface area contributed by atoms with Gasteiger partial charge in [-0.3, -0.25) is 4.79 Å². The zero-order valence-electron chi connectivity index (χ0n) is 11.4. The van der Waals surface area contributed by atoms with E-state index in [0.29, 0.717) is 13.0 Å². The molecule has 1 aromatic carbocycles. The van der Waals surface area contributed by atoms with E-state index in [2.05, 4.69) is 15.3 Å². The number of rotatable bonds is 5. The van der Waals surface area contributed by atoms with E-state index in [1.54, 1.807) is 6.92 Å². The van der Waals surface area contributed by atoms with Gasteiger partial charge in [-0.25, -0.2) is 4.98 Å². The topological polar surface area (TPSA) is 78.0 Å². The minimum Gasteiger partial charge on any atom is -0.481 e. The number of nitrogens with zero attached hydrogens (tertiary/aromatic N) is 1. The first-order valence-corrected chi connectivity index (χ1v) is 6.32. The van der Waals surface area contributed by atoms with Gasteiger partial charge in [0.1, 0.15) is 5.82 Å². The number of carboxylic acid groups (broad SMARTS) is 1. The molecule has 1 unspecified atom stereocenters. The van der Waals surface area contributed by atoms with E-state index < -0.39 is 11.4 Å². The molecule has 5 heteroatoms. The Morgan fingerprint density at radius 1 is 1.53 bits per heavy atom. The standard InChI is InChI=1S/C14H19N3O2/c1-9-16-11-5-4-10(8-12(11)17-9)14(2,13(18)19)6-7-15-3/h4-5,8,15H,6-7H2,1-3H3,(H,16,17)(H,18,19). The Labute approximate surface area is 112 Å². The molecule has 0 fully saturated rings. The van der Waals surface area contributed by atoms with Crippen LogP contribution in [0, 0.1) is 6.92 Å². The molecule has 1 heterocycles. The summed E-state index contributed by atoms with van der Waals surface area (Å²) in [6, 6.07) is 5.61. The van der Waals surface area contributed by atoms with Gasteiger partial charge in [0.05, 0.1) is 16.4 Å². The van der Waals surface area contributed by atoms with Crippen molar-refractivity contribution < 1.29 is 9.90 Å². The number of aromatic nitrogens is 2. The van der Waals surface area contributed by atoms with Gasteiger partial charge < -0.3 is 15.4 Å². The molecule has 0 spiro atoms. The van der Waals surface area contributed by atoms with Crippen molar-refractivity contribution in [2.45, 2.75) is 25.7 Å². The van der Waals surface area contributed by atoms with Crippen molar-refractivity contribution in [3.8, 4) is 0 Å². The summed E-state index contributed by atoms with van der Waals surface area (Å²) in [5.74, 6) is 0.0257. The fraction of sp³-hybridized carbons (Fsp3) is 0.429. The van der Waals surface area contributed by atoms with Crippen LogP contribution in [0.2, 0.25) is 0 Å². The Hall–Kier alpha value is -1.88. The monoisotopic (exact) mass is 261 g/mol. The number of imidazole rings is 1. The Morgan fingerprint density at radius 2 is 2.26 bits per heavy atom. The van der Waals surface area contributed by atoms with Crippen LogP contribution in [0.1, 0.15) is 24.7 Å². The molecule has 0 saturated heterocycles. The van der Waals surface area contributed by atoms with Crippen LogP contribution in [-0.4, -0.2) is 34.6 Å². The lowest BCUT2D eigenvalue weighted by Crippen LogP contribution is -2.35. The number of H-pyrrole nitrogens is 1. The first kappa shape index (κ1) is 13.5. The van der Waals surface area contributed by atoms with Crippen LogP contribution in [0.25, 0.3) is 11.0 Å². The van der Waals surface area contributed by atoms with E-state index in [4.69, 9.17) is 0 Å². The quantitative estimate of drug-likeness (QED) is 0.767. The van der Waals surface area contributed by atoms with Crippen molar-refractivity contribution in [3.05, 3.63) is 29.6 Å². The summed E-state index contributed by atoms with van der Waals surface area (Å²) >= 11 is 0. The molecule has 0 aliphatic heterocycles. The van der Waals surface area contributed by atoms with Crippen LogP contribution >= 0.6 is 0 Å². The van der Waals surface area contributed by atoms with Crippen molar-refractivity contribution in [3.63, 3.8) is 0 Å². The lowest BCUT2D eigenvalue weighted by molar-refractivity contribution is -0.143. The van der Waals surface area contributed by atoms with Crippen LogP contribution in [0.3, 0.4) is 0 Å². The zero-order valence-corrected chi connectivity index (χ0v) is 11.4. The molecule has 0 aliphatic carbocycles. The van der Waals surface area contributed by atoms with Crippen molar-refractivity contribution in [2.24, 2.45) is 0 Å². The summed E-state index contributed by atoms with van der Waals surface area (Å²) in [4.78, 5) is 19.1. The summed E-state index contributed by atoms with van der Waals surface area (Å²) in [5, 5.41) is 12.5. The van der Waals surface area contributed by atoms with E-state index >= 15 is 0 Å². The van der Waals surface area contributed by atoms with E-state index in [1.165, 1.54) is 0 Å². The third kappa shape index (κ3) is 2.46. The molecule has 19 heavy (non-hydrogen) atoms. The lowest BCUT2D eigenvalue weighted by atomic mass is 9.79. The van der Waals surface area contributed by atoms with E-state index in [-0.39, 0.29) is 0 Å². The Kier molecular flexibility index (Phi) is 3.57. The molecule has 3 N–H and O–H groups in total. The van der Waals surface area contributed by atoms with Crippen LogP contribution in [0.15, 0.2) is 18.2 Å². The van der Waals surface area contributed by atoms with Crippen LogP contribution in [-0.2, 0) is 10.2 Å². The fourth-order valence-corrected chi connectivity index (χ4v) is 2.23. The van der Waals surface area contributed by atoms with Crippen LogP contribution in [0.4, 0.5) is 0 Å². The second-order valence-electron chi connectivity index (χ2n) is 5.04. The molecule has 0 aliphatic rings. The van der Waals surface area contributed by atoms with Crippen molar-refractivity contribution in [2.75, 3.05) is 13.6 Å². The first-order chi connectivity index (χ1) is 8.97. The van der Waals surface area contributed by atoms with Crippen LogP contribution in [0.5, 0.6) is 0 Å². The van der Waals surface area contributed by atoms with Gasteiger partial charge in [0, 0.05) is 0 Å². The van der Waals surface area contributed by atoms with Gasteiger partial charge in [0.15, 0.2) is 0 Å². The van der Waals surface area contributed by atoms with E-state index in [9.17, 15) is 9.90 Å². The number of hydrogen-bond acceptors (Lipinski definition) is 3. The Balaban J connectivity index is 2.46. The number of aromatic amines is 1. The molecule has 1 atom stereocenters. The summed E-state index contributed by atoms with van der Waals surface area (Å²) in [6.07, 6.45) is 0.539. The van der Waals surface area contributed by atoms with Crippen molar-refractivity contribution in [1.82, 2.24) is 15.3 Å². The second-order valence-corrected chi connectivity index (χ2v) is 5.04. The average molecular weight is 261 g/mol. The summed E-state index contributed by atoms with van der Waals surface area (Å²) < 4.78 is 0. The van der Waals surface area contributed by atoms with Gasteiger partial charge in [0.25, 0.3) is 0 Å². The lowest BCUT2D eigenvalue weighted by Gasteiger charge is -2.25. The highest BCUT2D eigenvalue weighted by Crippen LogP contribution is 2.29. The number of carbonyl (C=O) groups is 1. The third-order valence-electron chi connectivity index (χ3n) is 3.58. The molecule has 0 amide bonds. The normalized spacial score (nSPS) is 14.5. The molecular weight excluding hydrogens is 242 g/mol. The maximum atomic E-state index is 11.6. The predicted molar refractivity (Wildman–Crippen MR) is 74.4 cm³/mol. The third-order valence-corrected chi connectivity index (χ3v) is 3.58. The minimum atomic E-state index is -0.893. The second kappa shape index (κ2) is 5.01. The maximum Gasteiger partial charge on any atom is 0.313 e. The smallest absolute Gasteiger partial charge is 0.313 e. The highest BCUT2D eigenvalue weighted by molar-refractivity contribution is 5.84. The van der Waals surface area contributed by atoms with E-state index in [0.717, 1.165) is 22.4 Å². The van der Waals surface area contributed by atoms with Gasteiger partial charge in [-0.1, -0.05) is 6.07 Å². The van der Waals surface area contributed by atoms with Gasteiger partial charge in [-0.15, -0.1) is 0 Å². The average Bonchev–Trinajstić information content (AvgIpc) is 2.74.